The number of nitrogens with two attached hydrogens (primary N) is 1. The minimum absolute atomic E-state index is 0.0332. The normalized spacial score (nSPS) is 15.5. The number of anilines is 2. The molecule has 0 radical (unpaired) electrons. The Morgan fingerprint density at radius 2 is 1.69 bits per heavy atom. The van der Waals surface area contributed by atoms with E-state index in [2.05, 4.69) is 44.5 Å². The standard InChI is InChI=1S/C34H38N8O3/c1-37-32-28-19-29(42(27-5-3-2-4-6-27)33(28)39-31(20-35)38-32)34(44)41(22-30(36)43)21-23-7-9-24(10-8-23)25-11-13-26(14-12-25)40-15-17-45-18-16-40/h7-14,19,27H,2-6,15-18,21-22H2,1H3,(H2,36,43)(H,37,38,39). The van der Waals surface area contributed by atoms with Crippen molar-refractivity contribution in [2.24, 2.45) is 5.73 Å². The first-order valence-electron chi connectivity index (χ1n) is 15.6. The molecule has 11 nitrogen and oxygen atoms in total. The highest BCUT2D eigenvalue weighted by atomic mass is 16.5. The second kappa shape index (κ2) is 13.4. The average Bonchev–Trinajstić information content (AvgIpc) is 3.48. The number of nitriles is 1. The molecule has 232 valence electrons. The lowest BCUT2D eigenvalue weighted by Gasteiger charge is -2.29. The molecule has 1 aliphatic carbocycles. The second-order valence-corrected chi connectivity index (χ2v) is 11.7. The van der Waals surface area contributed by atoms with Gasteiger partial charge in [0.15, 0.2) is 0 Å². The number of carbonyl (C=O) groups is 2. The summed E-state index contributed by atoms with van der Waals surface area (Å²) < 4.78 is 7.42. The van der Waals surface area contributed by atoms with E-state index in [4.69, 9.17) is 10.5 Å². The Hall–Kier alpha value is -4.95. The number of primary amides is 1. The quantitative estimate of drug-likeness (QED) is 0.284. The number of rotatable bonds is 9. The molecular formula is C34H38N8O3. The average molecular weight is 607 g/mol. The van der Waals surface area contributed by atoms with Crippen LogP contribution in [0.25, 0.3) is 22.2 Å². The number of morpholine rings is 1. The molecule has 45 heavy (non-hydrogen) atoms. The summed E-state index contributed by atoms with van der Waals surface area (Å²) in [6, 6.07) is 20.4. The highest BCUT2D eigenvalue weighted by Gasteiger charge is 2.29. The molecule has 4 aromatic rings. The third kappa shape index (κ3) is 6.47. The molecule has 1 saturated carbocycles. The van der Waals surface area contributed by atoms with E-state index in [0.29, 0.717) is 22.5 Å². The van der Waals surface area contributed by atoms with Crippen LogP contribution < -0.4 is 16.0 Å². The van der Waals surface area contributed by atoms with Crippen LogP contribution in [0, 0.1) is 11.3 Å². The lowest BCUT2D eigenvalue weighted by Crippen LogP contribution is -2.39. The zero-order valence-electron chi connectivity index (χ0n) is 25.5. The first-order valence-corrected chi connectivity index (χ1v) is 15.6. The number of carbonyl (C=O) groups excluding carboxylic acids is 2. The highest BCUT2D eigenvalue weighted by molar-refractivity contribution is 6.02. The first kappa shape index (κ1) is 30.1. The van der Waals surface area contributed by atoms with Gasteiger partial charge in [0.05, 0.1) is 18.6 Å². The topological polar surface area (TPSA) is 142 Å². The van der Waals surface area contributed by atoms with Gasteiger partial charge in [-0.1, -0.05) is 55.7 Å². The molecule has 0 spiro atoms. The van der Waals surface area contributed by atoms with E-state index in [-0.39, 0.29) is 30.9 Å². The van der Waals surface area contributed by atoms with E-state index in [1.807, 2.05) is 34.9 Å². The fourth-order valence-electron chi connectivity index (χ4n) is 6.47. The van der Waals surface area contributed by atoms with Crippen LogP contribution in [0.15, 0.2) is 54.6 Å². The lowest BCUT2D eigenvalue weighted by molar-refractivity contribution is -0.118. The van der Waals surface area contributed by atoms with Crippen molar-refractivity contribution >= 4 is 34.4 Å². The number of hydrogen-bond donors (Lipinski definition) is 2. The Balaban J connectivity index is 1.28. The SMILES string of the molecule is CNc1nc(C#N)nc2c1cc(C(=O)N(CC(N)=O)Cc1ccc(-c3ccc(N4CCOCC4)cc3)cc1)n2C1CCCCC1. The number of amides is 2. The number of benzene rings is 2. The molecule has 2 fully saturated rings. The van der Waals surface area contributed by atoms with E-state index in [1.165, 1.54) is 10.6 Å². The summed E-state index contributed by atoms with van der Waals surface area (Å²) in [4.78, 5) is 39.1. The highest BCUT2D eigenvalue weighted by Crippen LogP contribution is 2.35. The van der Waals surface area contributed by atoms with Crippen LogP contribution in [0.5, 0.6) is 0 Å². The number of fused-ring (bicyclic) bond motifs is 1. The first-order chi connectivity index (χ1) is 21.9. The van der Waals surface area contributed by atoms with Gasteiger partial charge in [0.1, 0.15) is 29.8 Å². The maximum Gasteiger partial charge on any atom is 0.271 e. The van der Waals surface area contributed by atoms with Crippen molar-refractivity contribution in [3.63, 3.8) is 0 Å². The fourth-order valence-corrected chi connectivity index (χ4v) is 6.47. The van der Waals surface area contributed by atoms with Crippen molar-refractivity contribution in [1.29, 1.82) is 5.26 Å². The Kier molecular flexibility index (Phi) is 8.93. The van der Waals surface area contributed by atoms with Gasteiger partial charge in [-0.15, -0.1) is 0 Å². The molecule has 3 heterocycles. The van der Waals surface area contributed by atoms with E-state index in [1.54, 1.807) is 13.1 Å². The Morgan fingerprint density at radius 1 is 1.02 bits per heavy atom. The van der Waals surface area contributed by atoms with E-state index >= 15 is 0 Å². The van der Waals surface area contributed by atoms with Gasteiger partial charge >= 0.3 is 0 Å². The molecule has 0 bridgehead atoms. The van der Waals surface area contributed by atoms with Crippen LogP contribution in [-0.2, 0) is 16.1 Å². The summed E-state index contributed by atoms with van der Waals surface area (Å²) in [5.74, 6) is -0.398. The Morgan fingerprint density at radius 3 is 2.31 bits per heavy atom. The van der Waals surface area contributed by atoms with Crippen LogP contribution in [0.2, 0.25) is 0 Å². The Labute approximate surface area is 262 Å². The molecule has 1 aliphatic heterocycles. The molecule has 2 amide bonds. The second-order valence-electron chi connectivity index (χ2n) is 11.7. The van der Waals surface area contributed by atoms with Gasteiger partial charge in [-0.3, -0.25) is 9.59 Å². The number of nitrogens with zero attached hydrogens (tertiary/aromatic N) is 6. The smallest absolute Gasteiger partial charge is 0.271 e. The van der Waals surface area contributed by atoms with Crippen molar-refractivity contribution < 1.29 is 14.3 Å². The minimum atomic E-state index is -0.594. The van der Waals surface area contributed by atoms with Gasteiger partial charge in [0.25, 0.3) is 5.91 Å². The number of nitrogens with one attached hydrogen (secondary N) is 1. The molecule has 2 aliphatic rings. The van der Waals surface area contributed by atoms with Crippen LogP contribution in [0.3, 0.4) is 0 Å². The van der Waals surface area contributed by atoms with Crippen molar-refractivity contribution in [1.82, 2.24) is 19.4 Å². The minimum Gasteiger partial charge on any atom is -0.378 e. The summed E-state index contributed by atoms with van der Waals surface area (Å²) >= 11 is 0. The van der Waals surface area contributed by atoms with Crippen LogP contribution in [-0.4, -0.2) is 71.1 Å². The number of hydrogen-bond acceptors (Lipinski definition) is 8. The molecule has 11 heteroatoms. The summed E-state index contributed by atoms with van der Waals surface area (Å²) in [6.07, 6.45) is 5.02. The third-order valence-electron chi connectivity index (χ3n) is 8.73. The van der Waals surface area contributed by atoms with Crippen molar-refractivity contribution in [3.8, 4) is 17.2 Å². The zero-order chi connectivity index (χ0) is 31.3. The largest absolute Gasteiger partial charge is 0.378 e. The molecule has 6 rings (SSSR count). The molecular weight excluding hydrogens is 568 g/mol. The maximum atomic E-state index is 14.3. The van der Waals surface area contributed by atoms with Gasteiger partial charge in [0, 0.05) is 38.4 Å². The predicted molar refractivity (Wildman–Crippen MR) is 173 cm³/mol. The molecule has 2 aromatic carbocycles. The van der Waals surface area contributed by atoms with Crippen LogP contribution in [0.1, 0.15) is 60.0 Å². The van der Waals surface area contributed by atoms with E-state index in [0.717, 1.165) is 75.1 Å². The molecule has 2 aromatic heterocycles. The summed E-state index contributed by atoms with van der Waals surface area (Å²) in [6.45, 7) is 3.24. The van der Waals surface area contributed by atoms with Crippen LogP contribution in [0.4, 0.5) is 11.5 Å². The van der Waals surface area contributed by atoms with Crippen LogP contribution >= 0.6 is 0 Å². The zero-order valence-corrected chi connectivity index (χ0v) is 25.5. The van der Waals surface area contributed by atoms with Gasteiger partial charge in [0.2, 0.25) is 11.7 Å². The van der Waals surface area contributed by atoms with Crippen molar-refractivity contribution in [2.75, 3.05) is 50.1 Å². The fraction of sp³-hybridized carbons (Fsp3) is 0.382. The van der Waals surface area contributed by atoms with Gasteiger partial charge < -0.3 is 30.2 Å². The lowest BCUT2D eigenvalue weighted by atomic mass is 9.95. The Bertz CT molecular complexity index is 1710. The van der Waals surface area contributed by atoms with Crippen molar-refractivity contribution in [2.45, 2.75) is 44.7 Å². The van der Waals surface area contributed by atoms with Gasteiger partial charge in [-0.2, -0.15) is 5.26 Å². The maximum absolute atomic E-state index is 14.3. The number of aromatic nitrogens is 3. The van der Waals surface area contributed by atoms with E-state index in [9.17, 15) is 14.9 Å². The van der Waals surface area contributed by atoms with Gasteiger partial charge in [-0.25, -0.2) is 9.97 Å². The third-order valence-corrected chi connectivity index (χ3v) is 8.73. The molecule has 0 unspecified atom stereocenters. The van der Waals surface area contributed by atoms with Gasteiger partial charge in [-0.05, 0) is 47.7 Å². The summed E-state index contributed by atoms with van der Waals surface area (Å²) in [7, 11) is 1.73. The predicted octanol–water partition coefficient (Wildman–Crippen LogP) is 4.48. The van der Waals surface area contributed by atoms with E-state index < -0.39 is 5.91 Å². The molecule has 1 saturated heterocycles. The molecule has 3 N–H and O–H groups in total. The number of ether oxygens (including phenoxy) is 1. The monoisotopic (exact) mass is 606 g/mol. The van der Waals surface area contributed by atoms with Crippen molar-refractivity contribution in [3.05, 3.63) is 71.7 Å². The molecule has 0 atom stereocenters. The summed E-state index contributed by atoms with van der Waals surface area (Å²) in [5.41, 5.74) is 10.8. The summed E-state index contributed by atoms with van der Waals surface area (Å²) in [5, 5.41) is 13.3.